The van der Waals surface area contributed by atoms with Crippen molar-refractivity contribution in [2.45, 2.75) is 51.6 Å². The Bertz CT molecular complexity index is 1070. The van der Waals surface area contributed by atoms with Crippen LogP contribution in [0.3, 0.4) is 0 Å². The van der Waals surface area contributed by atoms with Crippen molar-refractivity contribution in [2.24, 2.45) is 0 Å². The van der Waals surface area contributed by atoms with Crippen LogP contribution in [-0.4, -0.2) is 9.13 Å². The van der Waals surface area contributed by atoms with Gasteiger partial charge in [-0.2, -0.15) is 0 Å². The third kappa shape index (κ3) is 5.48. The van der Waals surface area contributed by atoms with Crippen molar-refractivity contribution in [2.75, 3.05) is 0 Å². The van der Waals surface area contributed by atoms with Gasteiger partial charge in [-0.1, -0.05) is 35.9 Å². The molecule has 0 amide bonds. The van der Waals surface area contributed by atoms with Gasteiger partial charge in [0.15, 0.2) is 0 Å². The number of rotatable bonds is 8. The highest BCUT2D eigenvalue weighted by atomic mass is 35.5. The molecule has 2 unspecified atom stereocenters. The van der Waals surface area contributed by atoms with Crippen molar-refractivity contribution in [3.05, 3.63) is 104 Å². The summed E-state index contributed by atoms with van der Waals surface area (Å²) in [5.41, 5.74) is 2.36. The zero-order valence-corrected chi connectivity index (χ0v) is 17.7. The van der Waals surface area contributed by atoms with Crippen LogP contribution in [-0.2, 0) is 12.8 Å². The Morgan fingerprint density at radius 2 is 1.34 bits per heavy atom. The Kier molecular flexibility index (Phi) is 7.10. The SMILES string of the molecule is CC(CCc1ccc(Cl)c(CCC(C)n2ccccc2=O)c1)n1ccccc1=O. The van der Waals surface area contributed by atoms with Crippen LogP contribution in [0.5, 0.6) is 0 Å². The van der Waals surface area contributed by atoms with Crippen LogP contribution in [0.15, 0.2) is 76.6 Å². The van der Waals surface area contributed by atoms with Gasteiger partial charge in [0.2, 0.25) is 0 Å². The molecular formula is C24H27ClN2O2. The van der Waals surface area contributed by atoms with Crippen LogP contribution in [0.4, 0.5) is 0 Å². The van der Waals surface area contributed by atoms with Gasteiger partial charge >= 0.3 is 0 Å². The fourth-order valence-corrected chi connectivity index (χ4v) is 3.81. The highest BCUT2D eigenvalue weighted by Crippen LogP contribution is 2.23. The first-order valence-electron chi connectivity index (χ1n) is 10.1. The maximum atomic E-state index is 12.0. The second kappa shape index (κ2) is 9.75. The van der Waals surface area contributed by atoms with Crippen LogP contribution in [0.1, 0.15) is 49.9 Å². The summed E-state index contributed by atoms with van der Waals surface area (Å²) in [6.45, 7) is 4.12. The molecule has 0 spiro atoms. The molecule has 0 bridgehead atoms. The van der Waals surface area contributed by atoms with Gasteiger partial charge in [-0.15, -0.1) is 0 Å². The molecule has 0 aliphatic carbocycles. The molecule has 0 N–H and O–H groups in total. The maximum Gasteiger partial charge on any atom is 0.250 e. The van der Waals surface area contributed by atoms with Crippen molar-refractivity contribution in [1.29, 1.82) is 0 Å². The normalized spacial score (nSPS) is 13.2. The molecule has 4 nitrogen and oxygen atoms in total. The standard InChI is InChI=1S/C24H27ClN2O2/c1-18(26-15-5-3-7-23(26)28)9-11-20-12-14-22(25)21(17-20)13-10-19(2)27-16-6-4-8-24(27)29/h3-8,12,14-19H,9-11,13H2,1-2H3. The van der Waals surface area contributed by atoms with Gasteiger partial charge in [0.05, 0.1) is 0 Å². The third-order valence-corrected chi connectivity index (χ3v) is 5.81. The molecule has 152 valence electrons. The zero-order valence-electron chi connectivity index (χ0n) is 16.9. The predicted molar refractivity (Wildman–Crippen MR) is 119 cm³/mol. The van der Waals surface area contributed by atoms with E-state index in [0.717, 1.165) is 36.3 Å². The van der Waals surface area contributed by atoms with E-state index in [1.807, 2.05) is 30.6 Å². The Morgan fingerprint density at radius 1 is 0.793 bits per heavy atom. The molecule has 0 saturated heterocycles. The van der Waals surface area contributed by atoms with Crippen molar-refractivity contribution in [3.8, 4) is 0 Å². The highest BCUT2D eigenvalue weighted by Gasteiger charge is 2.10. The van der Waals surface area contributed by atoms with Gasteiger partial charge < -0.3 is 9.13 Å². The summed E-state index contributed by atoms with van der Waals surface area (Å²) in [6.07, 6.45) is 7.07. The van der Waals surface area contributed by atoms with E-state index in [1.54, 1.807) is 33.4 Å². The van der Waals surface area contributed by atoms with E-state index in [9.17, 15) is 9.59 Å². The second-order valence-corrected chi connectivity index (χ2v) is 8.00. The minimum absolute atomic E-state index is 0.0185. The lowest BCUT2D eigenvalue weighted by atomic mass is 10.00. The average Bonchev–Trinajstić information content (AvgIpc) is 2.72. The fraction of sp³-hybridized carbons (Fsp3) is 0.333. The number of nitrogens with zero attached hydrogens (tertiary/aromatic N) is 2. The summed E-state index contributed by atoms with van der Waals surface area (Å²) in [5, 5.41) is 0.758. The molecule has 0 aliphatic heterocycles. The van der Waals surface area contributed by atoms with Crippen LogP contribution < -0.4 is 11.1 Å². The summed E-state index contributed by atoms with van der Waals surface area (Å²) >= 11 is 6.42. The molecule has 1 aromatic carbocycles. The average molecular weight is 411 g/mol. The lowest BCUT2D eigenvalue weighted by Gasteiger charge is -2.17. The van der Waals surface area contributed by atoms with Gasteiger partial charge in [0.1, 0.15) is 0 Å². The molecule has 0 saturated carbocycles. The van der Waals surface area contributed by atoms with E-state index in [4.69, 9.17) is 11.6 Å². The summed E-state index contributed by atoms with van der Waals surface area (Å²) in [4.78, 5) is 24.0. The summed E-state index contributed by atoms with van der Waals surface area (Å²) in [7, 11) is 0. The van der Waals surface area contributed by atoms with Crippen LogP contribution in [0.25, 0.3) is 0 Å². The fourth-order valence-electron chi connectivity index (χ4n) is 3.60. The van der Waals surface area contributed by atoms with Crippen molar-refractivity contribution in [3.63, 3.8) is 0 Å². The van der Waals surface area contributed by atoms with E-state index >= 15 is 0 Å². The van der Waals surface area contributed by atoms with E-state index in [2.05, 4.69) is 26.0 Å². The first-order valence-corrected chi connectivity index (χ1v) is 10.4. The molecule has 0 radical (unpaired) electrons. The van der Waals surface area contributed by atoms with Crippen LogP contribution >= 0.6 is 11.6 Å². The summed E-state index contributed by atoms with van der Waals surface area (Å²) in [5.74, 6) is 0. The summed E-state index contributed by atoms with van der Waals surface area (Å²) in [6, 6.07) is 16.9. The van der Waals surface area contributed by atoms with Gasteiger partial charge in [-0.05, 0) is 68.9 Å². The number of benzene rings is 1. The first kappa shape index (κ1) is 21.1. The number of aryl methyl sites for hydroxylation is 2. The van der Waals surface area contributed by atoms with E-state index in [0.29, 0.717) is 0 Å². The Hall–Kier alpha value is -2.59. The van der Waals surface area contributed by atoms with Crippen molar-refractivity contribution in [1.82, 2.24) is 9.13 Å². The molecule has 0 fully saturated rings. The predicted octanol–water partition coefficient (Wildman–Crippen LogP) is 5.05. The molecule has 5 heteroatoms. The summed E-state index contributed by atoms with van der Waals surface area (Å²) < 4.78 is 3.53. The molecule has 2 heterocycles. The number of hydrogen-bond donors (Lipinski definition) is 0. The second-order valence-electron chi connectivity index (χ2n) is 7.59. The number of hydrogen-bond acceptors (Lipinski definition) is 2. The minimum atomic E-state index is 0.0185. The van der Waals surface area contributed by atoms with Gasteiger partial charge in [0.25, 0.3) is 11.1 Å². The third-order valence-electron chi connectivity index (χ3n) is 5.44. The molecule has 2 atom stereocenters. The van der Waals surface area contributed by atoms with E-state index < -0.39 is 0 Å². The van der Waals surface area contributed by atoms with Gasteiger partial charge in [-0.3, -0.25) is 9.59 Å². The lowest BCUT2D eigenvalue weighted by Crippen LogP contribution is -2.21. The first-order chi connectivity index (χ1) is 14.0. The maximum absolute atomic E-state index is 12.0. The molecule has 29 heavy (non-hydrogen) atoms. The van der Waals surface area contributed by atoms with E-state index in [1.165, 1.54) is 5.56 Å². The number of halogens is 1. The van der Waals surface area contributed by atoms with E-state index in [-0.39, 0.29) is 23.2 Å². The molecular weight excluding hydrogens is 384 g/mol. The van der Waals surface area contributed by atoms with Crippen LogP contribution in [0.2, 0.25) is 5.02 Å². The minimum Gasteiger partial charge on any atom is -0.313 e. The Labute approximate surface area is 176 Å². The largest absolute Gasteiger partial charge is 0.313 e. The van der Waals surface area contributed by atoms with Gasteiger partial charge in [0, 0.05) is 41.6 Å². The monoisotopic (exact) mass is 410 g/mol. The molecule has 3 aromatic rings. The Balaban J connectivity index is 1.64. The molecule has 3 rings (SSSR count). The quantitative estimate of drug-likeness (QED) is 0.521. The molecule has 0 aliphatic rings. The number of aromatic nitrogens is 2. The van der Waals surface area contributed by atoms with Crippen LogP contribution in [0, 0.1) is 0 Å². The van der Waals surface area contributed by atoms with Crippen molar-refractivity contribution < 1.29 is 0 Å². The Morgan fingerprint density at radius 3 is 1.90 bits per heavy atom. The smallest absolute Gasteiger partial charge is 0.250 e. The number of pyridine rings is 2. The lowest BCUT2D eigenvalue weighted by molar-refractivity contribution is 0.489. The van der Waals surface area contributed by atoms with Gasteiger partial charge in [-0.25, -0.2) is 0 Å². The van der Waals surface area contributed by atoms with Crippen molar-refractivity contribution >= 4 is 11.6 Å². The molecule has 2 aromatic heterocycles. The highest BCUT2D eigenvalue weighted by molar-refractivity contribution is 6.31. The topological polar surface area (TPSA) is 44.0 Å². The zero-order chi connectivity index (χ0) is 20.8.